The summed E-state index contributed by atoms with van der Waals surface area (Å²) in [6, 6.07) is 0. The lowest BCUT2D eigenvalue weighted by molar-refractivity contribution is -0.121. The molecule has 1 aromatic heterocycles. The maximum absolute atomic E-state index is 12.1. The van der Waals surface area contributed by atoms with Crippen molar-refractivity contribution in [1.29, 1.82) is 0 Å². The molecule has 11 heteroatoms. The molecule has 2 rings (SSSR count). The van der Waals surface area contributed by atoms with Crippen LogP contribution in [0.3, 0.4) is 0 Å². The first-order valence-electron chi connectivity index (χ1n) is 9.73. The Kier molecular flexibility index (Phi) is 10.8. The lowest BCUT2D eigenvalue weighted by Crippen LogP contribution is -2.49. The SMILES string of the molecule is Cc1nnc(CN=C(NCCN2CCOCC2)NCC(=O)NC(C)(C)C)n1C.I. The Bertz CT molecular complexity index is 665. The van der Waals surface area contributed by atoms with Crippen molar-refractivity contribution in [3.63, 3.8) is 0 Å². The van der Waals surface area contributed by atoms with Gasteiger partial charge in [-0.25, -0.2) is 4.99 Å². The van der Waals surface area contributed by atoms with Gasteiger partial charge in [0.15, 0.2) is 11.8 Å². The van der Waals surface area contributed by atoms with E-state index in [1.165, 1.54) is 0 Å². The van der Waals surface area contributed by atoms with Gasteiger partial charge in [-0.3, -0.25) is 9.69 Å². The summed E-state index contributed by atoms with van der Waals surface area (Å²) in [5, 5.41) is 17.5. The smallest absolute Gasteiger partial charge is 0.239 e. The predicted molar refractivity (Wildman–Crippen MR) is 123 cm³/mol. The molecule has 0 aliphatic carbocycles. The van der Waals surface area contributed by atoms with Gasteiger partial charge >= 0.3 is 0 Å². The molecule has 166 valence electrons. The van der Waals surface area contributed by atoms with Gasteiger partial charge in [0.25, 0.3) is 0 Å². The Labute approximate surface area is 190 Å². The van der Waals surface area contributed by atoms with Crippen LogP contribution < -0.4 is 16.0 Å². The standard InChI is InChI=1S/C18H34N8O2.HI/c1-14-23-24-15(25(14)5)12-20-17(21-13-16(27)22-18(2,3)4)19-6-7-26-8-10-28-11-9-26;/h6-13H2,1-5H3,(H,22,27)(H2,19,20,21);1H. The molecule has 0 unspecified atom stereocenters. The minimum absolute atomic E-state index is 0. The summed E-state index contributed by atoms with van der Waals surface area (Å²) < 4.78 is 7.28. The average molecular weight is 522 g/mol. The van der Waals surface area contributed by atoms with Crippen LogP contribution in [0.2, 0.25) is 0 Å². The summed E-state index contributed by atoms with van der Waals surface area (Å²) in [4.78, 5) is 19.0. The molecule has 1 fully saturated rings. The number of aryl methyl sites for hydroxylation is 1. The van der Waals surface area contributed by atoms with Gasteiger partial charge in [-0.1, -0.05) is 0 Å². The van der Waals surface area contributed by atoms with Crippen LogP contribution in [0.25, 0.3) is 0 Å². The summed E-state index contributed by atoms with van der Waals surface area (Å²) in [5.74, 6) is 2.11. The van der Waals surface area contributed by atoms with Crippen LogP contribution in [-0.4, -0.2) is 83.0 Å². The molecule has 0 spiro atoms. The fourth-order valence-electron chi connectivity index (χ4n) is 2.70. The number of carbonyl (C=O) groups is 1. The molecule has 10 nitrogen and oxygen atoms in total. The molecule has 3 N–H and O–H groups in total. The lowest BCUT2D eigenvalue weighted by atomic mass is 10.1. The number of guanidine groups is 1. The third-order valence-corrected chi connectivity index (χ3v) is 4.32. The maximum Gasteiger partial charge on any atom is 0.239 e. The number of hydrogen-bond acceptors (Lipinski definition) is 6. The highest BCUT2D eigenvalue weighted by Gasteiger charge is 2.14. The number of aliphatic imine (C=N–C) groups is 1. The molecule has 1 amide bonds. The first-order valence-corrected chi connectivity index (χ1v) is 9.73. The third-order valence-electron chi connectivity index (χ3n) is 4.32. The van der Waals surface area contributed by atoms with Gasteiger partial charge in [-0.05, 0) is 27.7 Å². The number of amides is 1. The number of ether oxygens (including phenoxy) is 1. The van der Waals surface area contributed by atoms with Gasteiger partial charge in [0, 0.05) is 38.8 Å². The van der Waals surface area contributed by atoms with Crippen molar-refractivity contribution in [2.24, 2.45) is 12.0 Å². The molecule has 1 aromatic rings. The van der Waals surface area contributed by atoms with Gasteiger partial charge in [0.05, 0.1) is 19.8 Å². The molecule has 2 heterocycles. The van der Waals surface area contributed by atoms with Crippen LogP contribution in [0, 0.1) is 6.92 Å². The van der Waals surface area contributed by atoms with Crippen molar-refractivity contribution in [2.75, 3.05) is 45.9 Å². The summed E-state index contributed by atoms with van der Waals surface area (Å²) in [6.07, 6.45) is 0. The van der Waals surface area contributed by atoms with E-state index in [9.17, 15) is 4.79 Å². The van der Waals surface area contributed by atoms with Crippen LogP contribution in [0.15, 0.2) is 4.99 Å². The largest absolute Gasteiger partial charge is 0.379 e. The zero-order valence-corrected chi connectivity index (χ0v) is 20.4. The van der Waals surface area contributed by atoms with Crippen molar-refractivity contribution in [3.05, 3.63) is 11.6 Å². The number of rotatable bonds is 7. The molecule has 0 saturated carbocycles. The van der Waals surface area contributed by atoms with E-state index in [1.54, 1.807) is 0 Å². The van der Waals surface area contributed by atoms with E-state index in [-0.39, 0.29) is 42.0 Å². The second-order valence-corrected chi connectivity index (χ2v) is 7.92. The van der Waals surface area contributed by atoms with Crippen molar-refractivity contribution in [3.8, 4) is 0 Å². The fraction of sp³-hybridized carbons (Fsp3) is 0.778. The molecule has 29 heavy (non-hydrogen) atoms. The molecule has 1 saturated heterocycles. The van der Waals surface area contributed by atoms with E-state index < -0.39 is 0 Å². The molecule has 0 atom stereocenters. The van der Waals surface area contributed by atoms with Crippen molar-refractivity contribution in [1.82, 2.24) is 35.6 Å². The highest BCUT2D eigenvalue weighted by molar-refractivity contribution is 14.0. The number of morpholine rings is 1. The Balaban J connectivity index is 0.00000420. The topological polar surface area (TPSA) is 109 Å². The van der Waals surface area contributed by atoms with E-state index in [0.717, 1.165) is 51.0 Å². The number of carbonyl (C=O) groups excluding carboxylic acids is 1. The van der Waals surface area contributed by atoms with Gasteiger partial charge < -0.3 is 25.3 Å². The number of hydrogen-bond donors (Lipinski definition) is 3. The quantitative estimate of drug-likeness (QED) is 0.263. The molecular formula is C18H35IN8O2. The highest BCUT2D eigenvalue weighted by Crippen LogP contribution is 2.00. The molecule has 0 bridgehead atoms. The van der Waals surface area contributed by atoms with Crippen LogP contribution in [0.4, 0.5) is 0 Å². The zero-order valence-electron chi connectivity index (χ0n) is 18.1. The number of nitrogens with one attached hydrogen (secondary N) is 3. The monoisotopic (exact) mass is 522 g/mol. The summed E-state index contributed by atoms with van der Waals surface area (Å²) in [5.41, 5.74) is -0.268. The second-order valence-electron chi connectivity index (χ2n) is 7.92. The number of halogens is 1. The van der Waals surface area contributed by atoms with Gasteiger partial charge in [0.2, 0.25) is 5.91 Å². The Morgan fingerprint density at radius 3 is 2.48 bits per heavy atom. The minimum Gasteiger partial charge on any atom is -0.379 e. The molecular weight excluding hydrogens is 487 g/mol. The Morgan fingerprint density at radius 2 is 1.90 bits per heavy atom. The number of aromatic nitrogens is 3. The van der Waals surface area contributed by atoms with E-state index in [4.69, 9.17) is 4.74 Å². The summed E-state index contributed by atoms with van der Waals surface area (Å²) in [7, 11) is 1.91. The van der Waals surface area contributed by atoms with E-state index >= 15 is 0 Å². The minimum atomic E-state index is -0.268. The third kappa shape index (κ3) is 9.72. The molecule has 0 radical (unpaired) electrons. The predicted octanol–water partition coefficient (Wildman–Crippen LogP) is 0.0236. The molecule has 1 aliphatic rings. The van der Waals surface area contributed by atoms with Crippen molar-refractivity contribution < 1.29 is 9.53 Å². The normalized spacial score (nSPS) is 15.6. The first-order chi connectivity index (χ1) is 13.2. The molecule has 1 aliphatic heterocycles. The van der Waals surface area contributed by atoms with Crippen LogP contribution in [0.1, 0.15) is 32.4 Å². The van der Waals surface area contributed by atoms with E-state index in [2.05, 4.69) is 36.0 Å². The average Bonchev–Trinajstić information content (AvgIpc) is 2.95. The maximum atomic E-state index is 12.1. The first kappa shape index (κ1) is 25.6. The highest BCUT2D eigenvalue weighted by atomic mass is 127. The number of nitrogens with zero attached hydrogens (tertiary/aromatic N) is 5. The van der Waals surface area contributed by atoms with Gasteiger partial charge in [0.1, 0.15) is 12.4 Å². The second kappa shape index (κ2) is 12.3. The van der Waals surface area contributed by atoms with Crippen molar-refractivity contribution in [2.45, 2.75) is 39.8 Å². The van der Waals surface area contributed by atoms with Crippen LogP contribution in [-0.2, 0) is 23.1 Å². The molecule has 0 aromatic carbocycles. The van der Waals surface area contributed by atoms with Gasteiger partial charge in [-0.2, -0.15) is 0 Å². The summed E-state index contributed by atoms with van der Waals surface area (Å²) >= 11 is 0. The van der Waals surface area contributed by atoms with Crippen LogP contribution >= 0.6 is 24.0 Å². The van der Waals surface area contributed by atoms with Crippen molar-refractivity contribution >= 4 is 35.8 Å². The van der Waals surface area contributed by atoms with E-state index in [1.807, 2.05) is 39.3 Å². The lowest BCUT2D eigenvalue weighted by Gasteiger charge is -2.26. The van der Waals surface area contributed by atoms with Gasteiger partial charge in [-0.15, -0.1) is 34.2 Å². The summed E-state index contributed by atoms with van der Waals surface area (Å²) in [6.45, 7) is 13.3. The zero-order chi connectivity index (χ0) is 20.6. The van der Waals surface area contributed by atoms with Crippen LogP contribution in [0.5, 0.6) is 0 Å². The fourth-order valence-corrected chi connectivity index (χ4v) is 2.70. The van der Waals surface area contributed by atoms with E-state index in [0.29, 0.717) is 12.5 Å². The Hall–Kier alpha value is -1.47. The Morgan fingerprint density at radius 1 is 1.21 bits per heavy atom.